The van der Waals surface area contributed by atoms with Gasteiger partial charge in [-0.2, -0.15) is 0 Å². The van der Waals surface area contributed by atoms with E-state index >= 15 is 0 Å². The monoisotopic (exact) mass is 512 g/mol. The molecule has 36 heavy (non-hydrogen) atoms. The predicted octanol–water partition coefficient (Wildman–Crippen LogP) is 4.85. The largest absolute Gasteiger partial charge is 0.450 e. The van der Waals surface area contributed by atoms with Crippen LogP contribution in [0.5, 0.6) is 0 Å². The van der Waals surface area contributed by atoms with Gasteiger partial charge in [0.25, 0.3) is 0 Å². The fourth-order valence-corrected chi connectivity index (χ4v) is 8.85. The third-order valence-corrected chi connectivity index (χ3v) is 10.9. The summed E-state index contributed by atoms with van der Waals surface area (Å²) >= 11 is 1.32. The van der Waals surface area contributed by atoms with Crippen molar-refractivity contribution in [2.24, 2.45) is 34.5 Å². The van der Waals surface area contributed by atoms with E-state index in [-0.39, 0.29) is 35.6 Å². The van der Waals surface area contributed by atoms with Crippen molar-refractivity contribution in [3.8, 4) is 0 Å². The molecule has 1 N–H and O–H groups in total. The summed E-state index contributed by atoms with van der Waals surface area (Å²) in [6.07, 6.45) is 2.92. The number of aliphatic hydroxyl groups is 1. The van der Waals surface area contributed by atoms with E-state index in [9.17, 15) is 14.7 Å². The number of fused-ring (bicyclic) bond motifs is 5. The predicted molar refractivity (Wildman–Crippen MR) is 135 cm³/mol. The van der Waals surface area contributed by atoms with Gasteiger partial charge in [0.1, 0.15) is 11.0 Å². The van der Waals surface area contributed by atoms with Gasteiger partial charge in [0.2, 0.25) is 0 Å². The van der Waals surface area contributed by atoms with Crippen molar-refractivity contribution in [3.05, 3.63) is 45.2 Å². The summed E-state index contributed by atoms with van der Waals surface area (Å²) < 4.78 is 18.6. The Bertz CT molecular complexity index is 1220. The number of thiophene rings is 1. The minimum Gasteiger partial charge on any atom is -0.450 e. The zero-order valence-electron chi connectivity index (χ0n) is 22.1. The van der Waals surface area contributed by atoms with Gasteiger partial charge in [0.05, 0.1) is 12.0 Å². The van der Waals surface area contributed by atoms with Crippen molar-refractivity contribution in [2.45, 2.75) is 78.5 Å². The topological polar surface area (TPSA) is 82.1 Å². The molecular formula is C29H36O6S. The third-order valence-electron chi connectivity index (χ3n) is 9.94. The molecule has 3 fully saturated rings. The molecule has 1 saturated heterocycles. The number of rotatable bonds is 2. The molecule has 2 saturated carbocycles. The summed E-state index contributed by atoms with van der Waals surface area (Å²) in [6.45, 7) is 14.2. The van der Waals surface area contributed by atoms with Crippen LogP contribution in [0.15, 0.2) is 34.7 Å². The van der Waals surface area contributed by atoms with Crippen LogP contribution in [0.25, 0.3) is 0 Å². The van der Waals surface area contributed by atoms with Crippen LogP contribution in [0.2, 0.25) is 0 Å². The maximum atomic E-state index is 14.7. The molecule has 1 aromatic heterocycles. The van der Waals surface area contributed by atoms with E-state index in [0.29, 0.717) is 16.4 Å². The lowest BCUT2D eigenvalue weighted by atomic mass is 9.59. The first-order valence-electron chi connectivity index (χ1n) is 13.0. The van der Waals surface area contributed by atoms with Crippen LogP contribution in [-0.4, -0.2) is 47.1 Å². The van der Waals surface area contributed by atoms with Gasteiger partial charge >= 0.3 is 5.97 Å². The quantitative estimate of drug-likeness (QED) is 0.451. The minimum absolute atomic E-state index is 0.0177. The fraction of sp³-hybridized carbons (Fsp3) is 0.655. The van der Waals surface area contributed by atoms with E-state index < -0.39 is 35.0 Å². The molecule has 8 atom stereocenters. The van der Waals surface area contributed by atoms with Crippen LogP contribution < -0.4 is 0 Å². The molecular weight excluding hydrogens is 476 g/mol. The number of ether oxygens (including phenoxy) is 3. The zero-order chi connectivity index (χ0) is 26.0. The van der Waals surface area contributed by atoms with Crippen LogP contribution in [0.3, 0.4) is 0 Å². The van der Waals surface area contributed by atoms with Gasteiger partial charge < -0.3 is 19.3 Å². The third kappa shape index (κ3) is 2.94. The molecule has 2 heterocycles. The highest BCUT2D eigenvalue weighted by molar-refractivity contribution is 7.12. The molecule has 194 valence electrons. The lowest BCUT2D eigenvalue weighted by Gasteiger charge is -2.52. The summed E-state index contributed by atoms with van der Waals surface area (Å²) in [5.74, 6) is -1.32. The van der Waals surface area contributed by atoms with Gasteiger partial charge in [-0.1, -0.05) is 32.9 Å². The van der Waals surface area contributed by atoms with E-state index in [4.69, 9.17) is 14.2 Å². The number of Topliss-reactive ketones (excluding diaryl/α,β-unsaturated/α-hetero) is 1. The maximum absolute atomic E-state index is 14.7. The molecule has 4 aliphatic carbocycles. The molecule has 7 heteroatoms. The highest BCUT2D eigenvalue weighted by Crippen LogP contribution is 2.72. The van der Waals surface area contributed by atoms with Crippen molar-refractivity contribution in [3.63, 3.8) is 0 Å². The summed E-state index contributed by atoms with van der Waals surface area (Å²) in [5.41, 5.74) is -0.654. The number of esters is 1. The summed E-state index contributed by atoms with van der Waals surface area (Å²) in [7, 11) is 0. The Labute approximate surface area is 216 Å². The van der Waals surface area contributed by atoms with Crippen LogP contribution in [0.1, 0.15) is 63.2 Å². The molecule has 0 radical (unpaired) electrons. The lowest BCUT2D eigenvalue weighted by molar-refractivity contribution is -0.302. The van der Waals surface area contributed by atoms with E-state index in [1.54, 1.807) is 0 Å². The Morgan fingerprint density at radius 2 is 1.94 bits per heavy atom. The van der Waals surface area contributed by atoms with Crippen LogP contribution in [0, 0.1) is 41.4 Å². The standard InChI is InChI=1S/C29H36O6S/c1-14-8-9-36-21(14)25(31)34-23-15(2)12-28-16(3)10-19-20(26(19,4)5)18(22(28)30)11-17-13-33-27(6,7)35-24(17)29(23,28)32/h8-9,11-12,16,18-20,23-24,32H,10,13H2,1-7H3/t16?,18-,19+,20-,23-,24+,28?,29+/m0/s1. The maximum Gasteiger partial charge on any atom is 0.349 e. The lowest BCUT2D eigenvalue weighted by Crippen LogP contribution is -2.68. The molecule has 1 aromatic rings. The summed E-state index contributed by atoms with van der Waals surface area (Å²) in [4.78, 5) is 28.5. The number of carbonyl (C=O) groups is 2. The van der Waals surface area contributed by atoms with Crippen molar-refractivity contribution in [1.29, 1.82) is 0 Å². The van der Waals surface area contributed by atoms with Gasteiger partial charge in [0, 0.05) is 5.92 Å². The number of carbonyl (C=O) groups excluding carboxylic acids is 2. The molecule has 6 nitrogen and oxygen atoms in total. The van der Waals surface area contributed by atoms with Gasteiger partial charge in [-0.3, -0.25) is 4.79 Å². The van der Waals surface area contributed by atoms with E-state index in [1.807, 2.05) is 51.3 Å². The number of aryl methyl sites for hydroxylation is 1. The molecule has 2 unspecified atom stereocenters. The average molecular weight is 513 g/mol. The molecule has 1 aliphatic heterocycles. The van der Waals surface area contributed by atoms with Gasteiger partial charge in [-0.25, -0.2) is 4.79 Å². The van der Waals surface area contributed by atoms with Crippen molar-refractivity contribution in [2.75, 3.05) is 6.61 Å². The Balaban J connectivity index is 1.53. The first-order chi connectivity index (χ1) is 16.8. The second-order valence-corrected chi connectivity index (χ2v) is 13.6. The van der Waals surface area contributed by atoms with Crippen molar-refractivity contribution < 1.29 is 28.9 Å². The molecule has 5 aliphatic rings. The summed E-state index contributed by atoms with van der Waals surface area (Å²) in [5, 5.41) is 14.8. The molecule has 0 aromatic carbocycles. The number of ketones is 1. The van der Waals surface area contributed by atoms with E-state index in [0.717, 1.165) is 17.6 Å². The number of hydrogen-bond donors (Lipinski definition) is 1. The van der Waals surface area contributed by atoms with Crippen LogP contribution in [-0.2, 0) is 19.0 Å². The highest BCUT2D eigenvalue weighted by atomic mass is 32.1. The van der Waals surface area contributed by atoms with Gasteiger partial charge in [-0.05, 0) is 85.4 Å². The normalized spacial score (nSPS) is 43.7. The first kappa shape index (κ1) is 24.5. The molecule has 0 amide bonds. The van der Waals surface area contributed by atoms with Crippen LogP contribution in [0.4, 0.5) is 0 Å². The highest BCUT2D eigenvalue weighted by Gasteiger charge is 2.77. The second kappa shape index (κ2) is 7.40. The average Bonchev–Trinajstić information content (AvgIpc) is 3.05. The van der Waals surface area contributed by atoms with E-state index in [1.165, 1.54) is 11.3 Å². The number of hydrogen-bond acceptors (Lipinski definition) is 7. The molecule has 6 rings (SSSR count). The number of allylic oxidation sites excluding steroid dienone is 1. The first-order valence-corrected chi connectivity index (χ1v) is 13.9. The Morgan fingerprint density at radius 3 is 2.61 bits per heavy atom. The Hall–Kier alpha value is -1.80. The van der Waals surface area contributed by atoms with Gasteiger partial charge in [-0.15, -0.1) is 11.3 Å². The summed E-state index contributed by atoms with van der Waals surface area (Å²) in [6, 6.07) is 1.88. The van der Waals surface area contributed by atoms with Gasteiger partial charge in [0.15, 0.2) is 23.3 Å². The van der Waals surface area contributed by atoms with Crippen molar-refractivity contribution in [1.82, 2.24) is 0 Å². The second-order valence-electron chi connectivity index (χ2n) is 12.7. The van der Waals surface area contributed by atoms with Crippen molar-refractivity contribution >= 4 is 23.1 Å². The zero-order valence-corrected chi connectivity index (χ0v) is 22.9. The Kier molecular flexibility index (Phi) is 5.04. The molecule has 2 bridgehead atoms. The smallest absolute Gasteiger partial charge is 0.349 e. The van der Waals surface area contributed by atoms with Crippen LogP contribution >= 0.6 is 11.3 Å². The van der Waals surface area contributed by atoms with E-state index in [2.05, 4.69) is 20.8 Å². The fourth-order valence-electron chi connectivity index (χ4n) is 8.04. The SMILES string of the molecule is CC1=CC23C(=O)[C@@H](C=C4COC(C)(C)O[C@H]4[C@]2(O)[C@H]1OC(=O)c1sccc1C)[C@H]1[C@@H](CC3C)C1(C)C. The minimum atomic E-state index is -1.78. The Morgan fingerprint density at radius 1 is 1.22 bits per heavy atom. The molecule has 1 spiro atoms.